The molecule has 1 fully saturated rings. The molecule has 1 saturated heterocycles. The number of amides is 1. The molecule has 1 heterocycles. The average molecular weight is 242 g/mol. The molecule has 0 bridgehead atoms. The van der Waals surface area contributed by atoms with Gasteiger partial charge in [-0.05, 0) is 18.8 Å². The van der Waals surface area contributed by atoms with Gasteiger partial charge in [0, 0.05) is 12.6 Å². The molecule has 0 aromatic carbocycles. The van der Waals surface area contributed by atoms with Crippen molar-refractivity contribution in [3.8, 4) is 0 Å². The molecule has 2 N–H and O–H groups in total. The summed E-state index contributed by atoms with van der Waals surface area (Å²) < 4.78 is 0. The number of piperidine rings is 1. The topological polar surface area (TPSA) is 52.6 Å². The van der Waals surface area contributed by atoms with E-state index in [2.05, 4.69) is 19.2 Å². The highest BCUT2D eigenvalue weighted by Gasteiger charge is 2.34. The Labute approximate surface area is 104 Å². The number of hydrogen-bond acceptors (Lipinski definition) is 3. The molecular weight excluding hydrogens is 216 g/mol. The monoisotopic (exact) mass is 242 g/mol. The summed E-state index contributed by atoms with van der Waals surface area (Å²) in [5, 5.41) is 12.7. The molecule has 100 valence electrons. The maximum Gasteiger partial charge on any atom is 0.240 e. The largest absolute Gasteiger partial charge is 0.394 e. The second kappa shape index (κ2) is 6.36. The molecule has 1 amide bonds. The van der Waals surface area contributed by atoms with Crippen molar-refractivity contribution in [2.45, 2.75) is 58.7 Å². The predicted molar refractivity (Wildman–Crippen MR) is 68.7 cm³/mol. The lowest BCUT2D eigenvalue weighted by atomic mass is 9.97. The molecule has 0 aromatic heterocycles. The molecule has 1 rings (SSSR count). The number of aliphatic hydroxyl groups excluding tert-OH is 1. The molecule has 0 aliphatic carbocycles. The average Bonchev–Trinajstić information content (AvgIpc) is 2.23. The van der Waals surface area contributed by atoms with E-state index < -0.39 is 0 Å². The van der Waals surface area contributed by atoms with E-state index in [-0.39, 0.29) is 24.6 Å². The minimum Gasteiger partial charge on any atom is -0.394 e. The van der Waals surface area contributed by atoms with Crippen molar-refractivity contribution in [3.63, 3.8) is 0 Å². The standard InChI is InChI=1S/C13H26N2O2/c1-9(2)12(8-16)15-7-5-6-11(13(15)17)14-10(3)4/h9-12,14,16H,5-8H2,1-4H3/t11?,12-/m0/s1. The maximum absolute atomic E-state index is 12.3. The van der Waals surface area contributed by atoms with Crippen molar-refractivity contribution < 1.29 is 9.90 Å². The van der Waals surface area contributed by atoms with Crippen LogP contribution in [-0.4, -0.2) is 47.2 Å². The molecule has 0 saturated carbocycles. The quantitative estimate of drug-likeness (QED) is 0.756. The second-order valence-corrected chi connectivity index (χ2v) is 5.54. The molecule has 17 heavy (non-hydrogen) atoms. The van der Waals surface area contributed by atoms with Crippen LogP contribution in [0.4, 0.5) is 0 Å². The van der Waals surface area contributed by atoms with E-state index in [1.807, 2.05) is 18.7 Å². The number of carbonyl (C=O) groups excluding carboxylic acids is 1. The first-order valence-corrected chi connectivity index (χ1v) is 6.64. The molecule has 1 unspecified atom stereocenters. The summed E-state index contributed by atoms with van der Waals surface area (Å²) in [7, 11) is 0. The van der Waals surface area contributed by atoms with Crippen molar-refractivity contribution >= 4 is 5.91 Å². The van der Waals surface area contributed by atoms with Crippen LogP contribution in [0.5, 0.6) is 0 Å². The molecule has 1 aliphatic heterocycles. The Hall–Kier alpha value is -0.610. The second-order valence-electron chi connectivity index (χ2n) is 5.54. The minimum atomic E-state index is -0.0726. The summed E-state index contributed by atoms with van der Waals surface area (Å²) in [6.07, 6.45) is 1.92. The number of nitrogens with zero attached hydrogens (tertiary/aromatic N) is 1. The van der Waals surface area contributed by atoms with Crippen molar-refractivity contribution in [2.75, 3.05) is 13.2 Å². The number of rotatable bonds is 5. The summed E-state index contributed by atoms with van der Waals surface area (Å²) in [5.41, 5.74) is 0. The van der Waals surface area contributed by atoms with Gasteiger partial charge in [-0.3, -0.25) is 4.79 Å². The lowest BCUT2D eigenvalue weighted by Gasteiger charge is -2.39. The van der Waals surface area contributed by atoms with E-state index in [9.17, 15) is 9.90 Å². The summed E-state index contributed by atoms with van der Waals surface area (Å²) in [6, 6.07) is 0.200. The van der Waals surface area contributed by atoms with Crippen LogP contribution in [-0.2, 0) is 4.79 Å². The number of aliphatic hydroxyl groups is 1. The van der Waals surface area contributed by atoms with Gasteiger partial charge in [-0.2, -0.15) is 0 Å². The first kappa shape index (κ1) is 14.5. The molecule has 0 aromatic rings. The molecule has 4 heteroatoms. The van der Waals surface area contributed by atoms with E-state index in [4.69, 9.17) is 0 Å². The third kappa shape index (κ3) is 3.68. The third-order valence-electron chi connectivity index (χ3n) is 3.36. The molecule has 2 atom stereocenters. The normalized spacial score (nSPS) is 23.6. The van der Waals surface area contributed by atoms with Crippen LogP contribution in [0.3, 0.4) is 0 Å². The third-order valence-corrected chi connectivity index (χ3v) is 3.36. The summed E-state index contributed by atoms with van der Waals surface area (Å²) in [6.45, 7) is 9.04. The van der Waals surface area contributed by atoms with Crippen LogP contribution in [0, 0.1) is 5.92 Å². The Morgan fingerprint density at radius 2 is 2.06 bits per heavy atom. The van der Waals surface area contributed by atoms with E-state index in [1.165, 1.54) is 0 Å². The van der Waals surface area contributed by atoms with Gasteiger partial charge in [-0.25, -0.2) is 0 Å². The zero-order valence-electron chi connectivity index (χ0n) is 11.4. The van der Waals surface area contributed by atoms with Crippen LogP contribution in [0.1, 0.15) is 40.5 Å². The lowest BCUT2D eigenvalue weighted by Crippen LogP contribution is -2.57. The highest BCUT2D eigenvalue weighted by Crippen LogP contribution is 2.19. The Bertz CT molecular complexity index is 254. The Morgan fingerprint density at radius 1 is 1.41 bits per heavy atom. The van der Waals surface area contributed by atoms with Crippen molar-refractivity contribution in [2.24, 2.45) is 5.92 Å². The van der Waals surface area contributed by atoms with Gasteiger partial charge in [0.25, 0.3) is 0 Å². The first-order chi connectivity index (χ1) is 7.97. The fourth-order valence-corrected chi connectivity index (χ4v) is 2.46. The van der Waals surface area contributed by atoms with E-state index in [0.717, 1.165) is 19.4 Å². The van der Waals surface area contributed by atoms with Gasteiger partial charge in [-0.1, -0.05) is 27.7 Å². The van der Waals surface area contributed by atoms with Gasteiger partial charge >= 0.3 is 0 Å². The van der Waals surface area contributed by atoms with Crippen molar-refractivity contribution in [1.82, 2.24) is 10.2 Å². The number of likely N-dealkylation sites (tertiary alicyclic amines) is 1. The minimum absolute atomic E-state index is 0.0423. The van der Waals surface area contributed by atoms with Crippen LogP contribution >= 0.6 is 0 Å². The van der Waals surface area contributed by atoms with E-state index in [0.29, 0.717) is 12.0 Å². The highest BCUT2D eigenvalue weighted by atomic mass is 16.3. The zero-order chi connectivity index (χ0) is 13.0. The molecular formula is C13H26N2O2. The van der Waals surface area contributed by atoms with Crippen molar-refractivity contribution in [3.05, 3.63) is 0 Å². The molecule has 0 spiro atoms. The zero-order valence-corrected chi connectivity index (χ0v) is 11.4. The summed E-state index contributed by atoms with van der Waals surface area (Å²) in [4.78, 5) is 14.2. The van der Waals surface area contributed by atoms with Gasteiger partial charge in [0.05, 0.1) is 18.7 Å². The Balaban J connectivity index is 2.70. The number of carbonyl (C=O) groups is 1. The first-order valence-electron chi connectivity index (χ1n) is 6.64. The van der Waals surface area contributed by atoms with Crippen LogP contribution < -0.4 is 5.32 Å². The smallest absolute Gasteiger partial charge is 0.240 e. The molecule has 4 nitrogen and oxygen atoms in total. The Kier molecular flexibility index (Phi) is 5.40. The van der Waals surface area contributed by atoms with E-state index >= 15 is 0 Å². The molecule has 0 radical (unpaired) electrons. The summed E-state index contributed by atoms with van der Waals surface area (Å²) in [5.74, 6) is 0.444. The van der Waals surface area contributed by atoms with Gasteiger partial charge in [0.1, 0.15) is 0 Å². The Morgan fingerprint density at radius 3 is 2.53 bits per heavy atom. The summed E-state index contributed by atoms with van der Waals surface area (Å²) >= 11 is 0. The van der Waals surface area contributed by atoms with Crippen molar-refractivity contribution in [1.29, 1.82) is 0 Å². The SMILES string of the molecule is CC(C)NC1CCCN([C@@H](CO)C(C)C)C1=O. The predicted octanol–water partition coefficient (Wildman–Crippen LogP) is 0.992. The van der Waals surface area contributed by atoms with Crippen LogP contribution in [0.25, 0.3) is 0 Å². The number of hydrogen-bond donors (Lipinski definition) is 2. The van der Waals surface area contributed by atoms with Gasteiger partial charge in [0.2, 0.25) is 5.91 Å². The van der Waals surface area contributed by atoms with Gasteiger partial charge in [0.15, 0.2) is 0 Å². The van der Waals surface area contributed by atoms with Gasteiger partial charge in [-0.15, -0.1) is 0 Å². The van der Waals surface area contributed by atoms with Crippen LogP contribution in [0.2, 0.25) is 0 Å². The maximum atomic E-state index is 12.3. The molecule has 1 aliphatic rings. The highest BCUT2D eigenvalue weighted by molar-refractivity contribution is 5.83. The lowest BCUT2D eigenvalue weighted by molar-refractivity contribution is -0.141. The van der Waals surface area contributed by atoms with Gasteiger partial charge < -0.3 is 15.3 Å². The fourth-order valence-electron chi connectivity index (χ4n) is 2.46. The number of nitrogens with one attached hydrogen (secondary N) is 1. The van der Waals surface area contributed by atoms with Crippen LogP contribution in [0.15, 0.2) is 0 Å². The van der Waals surface area contributed by atoms with E-state index in [1.54, 1.807) is 0 Å². The fraction of sp³-hybridized carbons (Fsp3) is 0.923.